The second kappa shape index (κ2) is 5.30. The molecule has 2 unspecified atom stereocenters. The third-order valence-corrected chi connectivity index (χ3v) is 3.64. The first-order chi connectivity index (χ1) is 9.69. The second-order valence-corrected chi connectivity index (χ2v) is 5.17. The smallest absolute Gasteiger partial charge is 0.234 e. The van der Waals surface area contributed by atoms with E-state index in [1.54, 1.807) is 0 Å². The highest BCUT2D eigenvalue weighted by atomic mass is 16.5. The van der Waals surface area contributed by atoms with Crippen molar-refractivity contribution in [2.24, 2.45) is 0 Å². The Kier molecular flexibility index (Phi) is 3.50. The van der Waals surface area contributed by atoms with Gasteiger partial charge >= 0.3 is 0 Å². The minimum atomic E-state index is 0.104. The van der Waals surface area contributed by atoms with Crippen molar-refractivity contribution in [1.82, 2.24) is 20.4 Å². The lowest BCUT2D eigenvalue weighted by Crippen LogP contribution is -2.31. The molecule has 3 heterocycles. The van der Waals surface area contributed by atoms with Crippen LogP contribution in [-0.2, 0) is 4.74 Å². The van der Waals surface area contributed by atoms with Crippen LogP contribution < -0.4 is 5.32 Å². The van der Waals surface area contributed by atoms with Crippen molar-refractivity contribution in [3.8, 4) is 11.5 Å². The normalized spacial score (nSPS) is 22.4. The highest BCUT2D eigenvalue weighted by Crippen LogP contribution is 2.26. The fourth-order valence-corrected chi connectivity index (χ4v) is 2.51. The SMILES string of the molecule is CNC1COCC1c1nc(-c2ncc(C)cc2C)no1. The van der Waals surface area contributed by atoms with E-state index in [4.69, 9.17) is 9.26 Å². The zero-order chi connectivity index (χ0) is 14.1. The van der Waals surface area contributed by atoms with Crippen LogP contribution in [0.25, 0.3) is 11.5 Å². The van der Waals surface area contributed by atoms with E-state index in [-0.39, 0.29) is 12.0 Å². The van der Waals surface area contributed by atoms with E-state index in [1.807, 2.05) is 27.1 Å². The zero-order valence-electron chi connectivity index (χ0n) is 11.9. The number of ether oxygens (including phenoxy) is 1. The van der Waals surface area contributed by atoms with E-state index >= 15 is 0 Å². The van der Waals surface area contributed by atoms with Crippen molar-refractivity contribution >= 4 is 0 Å². The molecule has 0 radical (unpaired) electrons. The molecule has 0 saturated carbocycles. The van der Waals surface area contributed by atoms with Crippen LogP contribution in [0.15, 0.2) is 16.8 Å². The molecule has 6 heteroatoms. The molecule has 0 bridgehead atoms. The van der Waals surface area contributed by atoms with Gasteiger partial charge in [0.15, 0.2) is 0 Å². The Labute approximate surface area is 117 Å². The molecule has 1 aliphatic heterocycles. The van der Waals surface area contributed by atoms with Crippen LogP contribution in [0.3, 0.4) is 0 Å². The average Bonchev–Trinajstić information content (AvgIpc) is 3.06. The number of rotatable bonds is 3. The number of aryl methyl sites for hydroxylation is 2. The summed E-state index contributed by atoms with van der Waals surface area (Å²) in [6.45, 7) is 5.29. The first-order valence-corrected chi connectivity index (χ1v) is 6.71. The minimum Gasteiger partial charge on any atom is -0.379 e. The number of hydrogen-bond acceptors (Lipinski definition) is 6. The summed E-state index contributed by atoms with van der Waals surface area (Å²) in [5.41, 5.74) is 2.94. The molecule has 0 amide bonds. The van der Waals surface area contributed by atoms with Crippen LogP contribution in [0.4, 0.5) is 0 Å². The van der Waals surface area contributed by atoms with Gasteiger partial charge in [-0.15, -0.1) is 0 Å². The van der Waals surface area contributed by atoms with Gasteiger partial charge in [0.05, 0.1) is 19.1 Å². The monoisotopic (exact) mass is 274 g/mol. The zero-order valence-corrected chi connectivity index (χ0v) is 11.9. The van der Waals surface area contributed by atoms with E-state index in [0.29, 0.717) is 24.9 Å². The molecule has 1 N–H and O–H groups in total. The highest BCUT2D eigenvalue weighted by molar-refractivity contribution is 5.54. The van der Waals surface area contributed by atoms with Crippen molar-refractivity contribution in [2.45, 2.75) is 25.8 Å². The molecule has 20 heavy (non-hydrogen) atoms. The Hall–Kier alpha value is -1.79. The van der Waals surface area contributed by atoms with Gasteiger partial charge in [-0.05, 0) is 32.0 Å². The predicted molar refractivity (Wildman–Crippen MR) is 73.4 cm³/mol. The maximum atomic E-state index is 5.46. The Balaban J connectivity index is 1.90. The van der Waals surface area contributed by atoms with Gasteiger partial charge in [-0.3, -0.25) is 4.98 Å². The van der Waals surface area contributed by atoms with E-state index in [9.17, 15) is 0 Å². The number of aromatic nitrogens is 3. The predicted octanol–water partition coefficient (Wildman–Crippen LogP) is 1.45. The Bertz CT molecular complexity index is 611. The molecule has 1 aliphatic rings. The van der Waals surface area contributed by atoms with Gasteiger partial charge in [0, 0.05) is 12.2 Å². The van der Waals surface area contributed by atoms with Gasteiger partial charge in [0.1, 0.15) is 5.69 Å². The van der Waals surface area contributed by atoms with Gasteiger partial charge in [-0.1, -0.05) is 11.2 Å². The fraction of sp³-hybridized carbons (Fsp3) is 0.500. The molecular formula is C14H18N4O2. The second-order valence-electron chi connectivity index (χ2n) is 5.17. The van der Waals surface area contributed by atoms with Crippen LogP contribution >= 0.6 is 0 Å². The molecular weight excluding hydrogens is 256 g/mol. The summed E-state index contributed by atoms with van der Waals surface area (Å²) in [4.78, 5) is 8.89. The third-order valence-electron chi connectivity index (χ3n) is 3.64. The molecule has 1 saturated heterocycles. The molecule has 6 nitrogen and oxygen atoms in total. The number of nitrogens with zero attached hydrogens (tertiary/aromatic N) is 3. The van der Waals surface area contributed by atoms with Crippen molar-refractivity contribution < 1.29 is 9.26 Å². The molecule has 1 fully saturated rings. The summed E-state index contributed by atoms with van der Waals surface area (Å²) in [5.74, 6) is 1.25. The summed E-state index contributed by atoms with van der Waals surface area (Å²) in [6.07, 6.45) is 1.81. The average molecular weight is 274 g/mol. The molecule has 0 aromatic carbocycles. The topological polar surface area (TPSA) is 73.1 Å². The third kappa shape index (κ3) is 2.32. The van der Waals surface area contributed by atoms with Crippen molar-refractivity contribution in [3.63, 3.8) is 0 Å². The first-order valence-electron chi connectivity index (χ1n) is 6.71. The summed E-state index contributed by atoms with van der Waals surface area (Å²) in [6, 6.07) is 2.28. The lowest BCUT2D eigenvalue weighted by atomic mass is 10.0. The first kappa shape index (κ1) is 13.2. The minimum absolute atomic E-state index is 0.104. The van der Waals surface area contributed by atoms with E-state index in [0.717, 1.165) is 16.8 Å². The summed E-state index contributed by atoms with van der Waals surface area (Å²) in [7, 11) is 1.91. The maximum absolute atomic E-state index is 5.46. The number of pyridine rings is 1. The quantitative estimate of drug-likeness (QED) is 0.913. The van der Waals surface area contributed by atoms with E-state index < -0.39 is 0 Å². The molecule has 0 spiro atoms. The van der Waals surface area contributed by atoms with Gasteiger partial charge in [0.25, 0.3) is 0 Å². The lowest BCUT2D eigenvalue weighted by molar-refractivity contribution is 0.185. The summed E-state index contributed by atoms with van der Waals surface area (Å²) in [5, 5.41) is 7.27. The van der Waals surface area contributed by atoms with Crippen LogP contribution in [0, 0.1) is 13.8 Å². The van der Waals surface area contributed by atoms with E-state index in [1.165, 1.54) is 0 Å². The van der Waals surface area contributed by atoms with Crippen LogP contribution in [0.2, 0.25) is 0 Å². The Morgan fingerprint density at radius 3 is 2.90 bits per heavy atom. The standard InChI is InChI=1S/C14H18N4O2/c1-8-4-9(2)12(16-5-8)13-17-14(20-18-13)10-6-19-7-11(10)15-3/h4-5,10-11,15H,6-7H2,1-3H3. The number of nitrogens with one attached hydrogen (secondary N) is 1. The lowest BCUT2D eigenvalue weighted by Gasteiger charge is -2.11. The number of likely N-dealkylation sites (N-methyl/N-ethyl adjacent to an activating group) is 1. The van der Waals surface area contributed by atoms with E-state index in [2.05, 4.69) is 26.5 Å². The Morgan fingerprint density at radius 1 is 1.30 bits per heavy atom. The van der Waals surface area contributed by atoms with Gasteiger partial charge in [0.2, 0.25) is 11.7 Å². The molecule has 106 valence electrons. The molecule has 3 rings (SSSR count). The summed E-state index contributed by atoms with van der Waals surface area (Å²) >= 11 is 0. The van der Waals surface area contributed by atoms with Crippen LogP contribution in [-0.4, -0.2) is 41.4 Å². The number of hydrogen-bond donors (Lipinski definition) is 1. The van der Waals surface area contributed by atoms with Crippen molar-refractivity contribution in [1.29, 1.82) is 0 Å². The Morgan fingerprint density at radius 2 is 2.15 bits per heavy atom. The van der Waals surface area contributed by atoms with Gasteiger partial charge in [-0.2, -0.15) is 4.98 Å². The largest absolute Gasteiger partial charge is 0.379 e. The fourth-order valence-electron chi connectivity index (χ4n) is 2.51. The molecule has 2 aromatic rings. The molecule has 2 aromatic heterocycles. The van der Waals surface area contributed by atoms with Gasteiger partial charge < -0.3 is 14.6 Å². The van der Waals surface area contributed by atoms with Gasteiger partial charge in [-0.25, -0.2) is 0 Å². The molecule has 2 atom stereocenters. The van der Waals surface area contributed by atoms with Crippen LogP contribution in [0.5, 0.6) is 0 Å². The van der Waals surface area contributed by atoms with Crippen molar-refractivity contribution in [3.05, 3.63) is 29.3 Å². The highest BCUT2D eigenvalue weighted by Gasteiger charge is 2.33. The van der Waals surface area contributed by atoms with Crippen molar-refractivity contribution in [2.75, 3.05) is 20.3 Å². The van der Waals surface area contributed by atoms with Crippen LogP contribution in [0.1, 0.15) is 22.9 Å². The maximum Gasteiger partial charge on any atom is 0.234 e. The summed E-state index contributed by atoms with van der Waals surface area (Å²) < 4.78 is 10.9. The molecule has 0 aliphatic carbocycles.